The maximum atomic E-state index is 13.4. The van der Waals surface area contributed by atoms with Crippen LogP contribution >= 0.6 is 0 Å². The summed E-state index contributed by atoms with van der Waals surface area (Å²) in [6.07, 6.45) is 75.4. The highest BCUT2D eigenvalue weighted by atomic mass is 16.7. The lowest BCUT2D eigenvalue weighted by Gasteiger charge is -2.46. The molecule has 1 amide bonds. The Balaban J connectivity index is 1.59. The zero-order valence-corrected chi connectivity index (χ0v) is 64.3. The normalized spacial score (nSPS) is 22.0. The van der Waals surface area contributed by atoms with Gasteiger partial charge >= 0.3 is 0 Å². The average Bonchev–Trinajstić information content (AvgIpc) is 0.793. The molecule has 0 aromatic rings. The number of allylic oxidation sites excluding steroid dienone is 5. The fourth-order valence-electron chi connectivity index (χ4n) is 14.3. The highest BCUT2D eigenvalue weighted by Gasteiger charge is 2.51. The van der Waals surface area contributed by atoms with Gasteiger partial charge in [0, 0.05) is 6.42 Å². The van der Waals surface area contributed by atoms with Gasteiger partial charge < -0.3 is 65.1 Å². The quantitative estimate of drug-likeness (QED) is 0.0204. The highest BCUT2D eigenvalue weighted by molar-refractivity contribution is 5.76. The molecule has 2 heterocycles. The van der Waals surface area contributed by atoms with Crippen molar-refractivity contribution in [3.63, 3.8) is 0 Å². The molecule has 0 spiro atoms. The molecule has 0 radical (unpaired) electrons. The first-order valence-electron chi connectivity index (χ1n) is 42.7. The van der Waals surface area contributed by atoms with Crippen molar-refractivity contribution >= 4 is 5.91 Å². The van der Waals surface area contributed by atoms with Gasteiger partial charge in [-0.05, 0) is 57.8 Å². The molecule has 2 aliphatic heterocycles. The van der Waals surface area contributed by atoms with Crippen molar-refractivity contribution in [2.45, 2.75) is 479 Å². The summed E-state index contributed by atoms with van der Waals surface area (Å²) in [5.74, 6) is -0.240. The van der Waals surface area contributed by atoms with Crippen LogP contribution in [0.15, 0.2) is 36.5 Å². The molecule has 14 heteroatoms. The Labute approximate surface area is 608 Å². The summed E-state index contributed by atoms with van der Waals surface area (Å²) in [5.41, 5.74) is 0. The smallest absolute Gasteiger partial charge is 0.220 e. The predicted octanol–water partition coefficient (Wildman–Crippen LogP) is 20.0. The summed E-state index contributed by atoms with van der Waals surface area (Å²) < 4.78 is 22.9. The third kappa shape index (κ3) is 51.9. The maximum Gasteiger partial charge on any atom is 0.220 e. The van der Waals surface area contributed by atoms with Gasteiger partial charge in [0.15, 0.2) is 12.6 Å². The van der Waals surface area contributed by atoms with Crippen LogP contribution in [0.25, 0.3) is 0 Å². The minimum Gasteiger partial charge on any atom is -0.394 e. The number of ether oxygens (including phenoxy) is 4. The molecule has 0 bridgehead atoms. The van der Waals surface area contributed by atoms with E-state index in [2.05, 4.69) is 43.5 Å². The molecular weight excluding hydrogens is 1240 g/mol. The van der Waals surface area contributed by atoms with Crippen molar-refractivity contribution in [3.05, 3.63) is 36.5 Å². The summed E-state index contributed by atoms with van der Waals surface area (Å²) in [7, 11) is 0. The number of amides is 1. The topological polar surface area (TPSA) is 228 Å². The van der Waals surface area contributed by atoms with E-state index in [-0.39, 0.29) is 18.9 Å². The van der Waals surface area contributed by atoms with E-state index in [1.165, 1.54) is 340 Å². The van der Waals surface area contributed by atoms with Crippen molar-refractivity contribution in [2.24, 2.45) is 0 Å². The number of unbranched alkanes of at least 4 members (excludes halogenated alkanes) is 56. The van der Waals surface area contributed by atoms with Crippen LogP contribution in [0, 0.1) is 0 Å². The van der Waals surface area contributed by atoms with Crippen molar-refractivity contribution in [1.82, 2.24) is 5.32 Å². The Hall–Kier alpha value is -1.79. The molecular formula is C85H161NO13. The number of aliphatic hydroxyl groups excluding tert-OH is 8. The molecule has 2 fully saturated rings. The van der Waals surface area contributed by atoms with E-state index in [9.17, 15) is 45.6 Å². The van der Waals surface area contributed by atoms with Gasteiger partial charge in [-0.15, -0.1) is 0 Å². The molecule has 584 valence electrons. The Morgan fingerprint density at radius 1 is 0.354 bits per heavy atom. The lowest BCUT2D eigenvalue weighted by Crippen LogP contribution is -2.65. The second-order valence-corrected chi connectivity index (χ2v) is 30.3. The summed E-state index contributed by atoms with van der Waals surface area (Å²) in [6.45, 7) is 2.85. The fourth-order valence-corrected chi connectivity index (χ4v) is 14.3. The lowest BCUT2D eigenvalue weighted by atomic mass is 9.97. The third-order valence-corrected chi connectivity index (χ3v) is 21.0. The first kappa shape index (κ1) is 93.3. The molecule has 0 saturated carbocycles. The zero-order valence-electron chi connectivity index (χ0n) is 64.3. The molecule has 14 nitrogen and oxygen atoms in total. The molecule has 2 aliphatic rings. The van der Waals surface area contributed by atoms with Gasteiger partial charge in [0.25, 0.3) is 0 Å². The Morgan fingerprint density at radius 3 is 0.990 bits per heavy atom. The van der Waals surface area contributed by atoms with E-state index in [1.54, 1.807) is 6.08 Å². The van der Waals surface area contributed by atoms with Crippen LogP contribution in [0.3, 0.4) is 0 Å². The molecule has 2 saturated heterocycles. The number of carbonyl (C=O) groups excluding carboxylic acids is 1. The third-order valence-electron chi connectivity index (χ3n) is 21.0. The molecule has 12 atom stereocenters. The standard InChI is InChI=1S/C85H161NO13/c1-3-5-7-9-11-13-15-17-19-21-23-25-27-29-31-33-34-35-36-37-38-39-40-41-43-45-47-49-51-53-55-57-59-61-63-65-67-69-77(90)86-73(72-96-84-82(95)80(93)83(76(71-88)98-84)99-85-81(94)79(92)78(91)75(70-87)97-85)74(89)68-66-64-62-60-58-56-54-52-50-48-46-44-42-32-30-28-26-24-22-20-18-16-14-12-10-8-6-4-2/h21,23,58,60,66,68,73-76,78-85,87-89,91-95H,3-20,22,24-57,59,61-65,67,69-72H2,1-2H3,(H,86,90)/b23-21-,60-58+,68-66+. The van der Waals surface area contributed by atoms with Crippen molar-refractivity contribution < 1.29 is 64.6 Å². The number of hydrogen-bond acceptors (Lipinski definition) is 13. The number of nitrogens with one attached hydrogen (secondary N) is 1. The first-order valence-corrected chi connectivity index (χ1v) is 42.7. The Bertz CT molecular complexity index is 1800. The van der Waals surface area contributed by atoms with Crippen molar-refractivity contribution in [3.8, 4) is 0 Å². The van der Waals surface area contributed by atoms with Crippen LogP contribution in [0.2, 0.25) is 0 Å². The SMILES string of the molecule is CCCCCCCCCC/C=C\CCCCCCCCCCCCCCCCCCCCCCCCCCCC(=O)NC(COC1OC(CO)C(OC2OC(CO)C(O)C(O)C2O)C(O)C1O)C(O)/C=C/CC/C=C/CCCCCCCCCCCCCCCCCCCCCCCC. The van der Waals surface area contributed by atoms with Gasteiger partial charge in [-0.2, -0.15) is 0 Å². The monoisotopic (exact) mass is 1400 g/mol. The summed E-state index contributed by atoms with van der Waals surface area (Å²) in [5, 5.41) is 87.7. The van der Waals surface area contributed by atoms with E-state index in [0.29, 0.717) is 12.8 Å². The largest absolute Gasteiger partial charge is 0.394 e. The summed E-state index contributed by atoms with van der Waals surface area (Å²) in [6, 6.07) is -0.932. The molecule has 0 aromatic carbocycles. The van der Waals surface area contributed by atoms with Gasteiger partial charge in [-0.3, -0.25) is 4.79 Å². The van der Waals surface area contributed by atoms with E-state index < -0.39 is 86.8 Å². The van der Waals surface area contributed by atoms with Crippen molar-refractivity contribution in [1.29, 1.82) is 0 Å². The van der Waals surface area contributed by atoms with Crippen LogP contribution in [-0.2, 0) is 23.7 Å². The van der Waals surface area contributed by atoms with Crippen molar-refractivity contribution in [2.75, 3.05) is 19.8 Å². The minimum absolute atomic E-state index is 0.240. The maximum absolute atomic E-state index is 13.4. The minimum atomic E-state index is -1.79. The Morgan fingerprint density at radius 2 is 0.646 bits per heavy atom. The summed E-state index contributed by atoms with van der Waals surface area (Å²) >= 11 is 0. The molecule has 2 rings (SSSR count). The fraction of sp³-hybridized carbons (Fsp3) is 0.918. The number of hydrogen-bond donors (Lipinski definition) is 9. The van der Waals surface area contributed by atoms with Gasteiger partial charge in [0.1, 0.15) is 48.8 Å². The average molecular weight is 1410 g/mol. The van der Waals surface area contributed by atoms with Gasteiger partial charge in [-0.1, -0.05) is 378 Å². The zero-order chi connectivity index (χ0) is 71.5. The van der Waals surface area contributed by atoms with E-state index >= 15 is 0 Å². The Kier molecular flexibility index (Phi) is 65.3. The van der Waals surface area contributed by atoms with Gasteiger partial charge in [0.2, 0.25) is 5.91 Å². The van der Waals surface area contributed by atoms with Crippen LogP contribution in [0.5, 0.6) is 0 Å². The van der Waals surface area contributed by atoms with E-state index in [0.717, 1.165) is 32.1 Å². The second-order valence-electron chi connectivity index (χ2n) is 30.3. The first-order chi connectivity index (χ1) is 48.6. The van der Waals surface area contributed by atoms with Crippen LogP contribution in [0.1, 0.15) is 406 Å². The summed E-state index contributed by atoms with van der Waals surface area (Å²) in [4.78, 5) is 13.4. The molecule has 0 aliphatic carbocycles. The second kappa shape index (κ2) is 69.3. The number of aliphatic hydroxyl groups is 8. The van der Waals surface area contributed by atoms with E-state index in [1.807, 2.05) is 6.08 Å². The number of carbonyl (C=O) groups is 1. The predicted molar refractivity (Wildman–Crippen MR) is 411 cm³/mol. The van der Waals surface area contributed by atoms with Crippen LogP contribution in [-0.4, -0.2) is 140 Å². The lowest BCUT2D eigenvalue weighted by molar-refractivity contribution is -0.359. The molecule has 9 N–H and O–H groups in total. The molecule has 99 heavy (non-hydrogen) atoms. The van der Waals surface area contributed by atoms with Crippen LogP contribution in [0.4, 0.5) is 0 Å². The highest BCUT2D eigenvalue weighted by Crippen LogP contribution is 2.30. The van der Waals surface area contributed by atoms with E-state index in [4.69, 9.17) is 18.9 Å². The molecule has 0 aromatic heterocycles. The molecule has 12 unspecified atom stereocenters. The van der Waals surface area contributed by atoms with Gasteiger partial charge in [0.05, 0.1) is 32.0 Å². The van der Waals surface area contributed by atoms with Crippen LogP contribution < -0.4 is 5.32 Å². The van der Waals surface area contributed by atoms with Gasteiger partial charge in [-0.25, -0.2) is 0 Å². The number of rotatable bonds is 73.